The molecule has 0 bridgehead atoms. The summed E-state index contributed by atoms with van der Waals surface area (Å²) >= 11 is 3.35. The first-order chi connectivity index (χ1) is 9.35. The number of rotatable bonds is 7. The molecule has 3 nitrogen and oxygen atoms in total. The molecular formula is C16H20BrNO2. The van der Waals surface area contributed by atoms with Crippen molar-refractivity contribution in [1.29, 1.82) is 5.26 Å². The SMILES string of the molecule is CC(=O)c1cc(Br)ccc1OCCCCC(C)(C)C#N. The van der Waals surface area contributed by atoms with Gasteiger partial charge in [-0.2, -0.15) is 5.26 Å². The summed E-state index contributed by atoms with van der Waals surface area (Å²) in [5, 5.41) is 8.93. The summed E-state index contributed by atoms with van der Waals surface area (Å²) in [6.07, 6.45) is 2.66. The van der Waals surface area contributed by atoms with Crippen molar-refractivity contribution in [3.05, 3.63) is 28.2 Å². The molecule has 1 aromatic rings. The highest BCUT2D eigenvalue weighted by atomic mass is 79.9. The lowest BCUT2D eigenvalue weighted by molar-refractivity contribution is 0.101. The van der Waals surface area contributed by atoms with Crippen molar-refractivity contribution < 1.29 is 9.53 Å². The van der Waals surface area contributed by atoms with E-state index in [2.05, 4.69) is 22.0 Å². The van der Waals surface area contributed by atoms with E-state index in [1.807, 2.05) is 19.9 Å². The third-order valence-electron chi connectivity index (χ3n) is 3.08. The van der Waals surface area contributed by atoms with Crippen molar-refractivity contribution in [3.63, 3.8) is 0 Å². The van der Waals surface area contributed by atoms with E-state index in [-0.39, 0.29) is 11.2 Å². The van der Waals surface area contributed by atoms with Crippen LogP contribution in [0.2, 0.25) is 0 Å². The number of Topliss-reactive ketones (excluding diaryl/α,β-unsaturated/α-hetero) is 1. The number of hydrogen-bond acceptors (Lipinski definition) is 3. The van der Waals surface area contributed by atoms with E-state index in [0.29, 0.717) is 17.9 Å². The Kier molecular flexibility index (Phi) is 6.22. The van der Waals surface area contributed by atoms with Crippen molar-refractivity contribution in [2.45, 2.75) is 40.0 Å². The van der Waals surface area contributed by atoms with Crippen LogP contribution in [-0.4, -0.2) is 12.4 Å². The molecule has 0 aromatic heterocycles. The minimum Gasteiger partial charge on any atom is -0.493 e. The Morgan fingerprint density at radius 3 is 2.70 bits per heavy atom. The number of nitriles is 1. The van der Waals surface area contributed by atoms with E-state index >= 15 is 0 Å². The maximum absolute atomic E-state index is 11.5. The van der Waals surface area contributed by atoms with Crippen molar-refractivity contribution in [2.75, 3.05) is 6.61 Å². The number of unbranched alkanes of at least 4 members (excludes halogenated alkanes) is 1. The Balaban J connectivity index is 2.47. The molecule has 0 atom stereocenters. The van der Waals surface area contributed by atoms with Crippen molar-refractivity contribution in [1.82, 2.24) is 0 Å². The number of carbonyl (C=O) groups is 1. The first-order valence-corrected chi connectivity index (χ1v) is 7.49. The number of carbonyl (C=O) groups excluding carboxylic acids is 1. The number of nitrogens with zero attached hydrogens (tertiary/aromatic N) is 1. The first kappa shape index (κ1) is 16.7. The van der Waals surface area contributed by atoms with E-state index < -0.39 is 0 Å². The van der Waals surface area contributed by atoms with E-state index in [1.165, 1.54) is 6.92 Å². The number of ether oxygens (including phenoxy) is 1. The summed E-state index contributed by atoms with van der Waals surface area (Å²) in [6, 6.07) is 7.73. The minimum absolute atomic E-state index is 0.00749. The lowest BCUT2D eigenvalue weighted by Gasteiger charge is -2.15. The first-order valence-electron chi connectivity index (χ1n) is 6.70. The van der Waals surface area contributed by atoms with Crippen LogP contribution in [0.1, 0.15) is 50.4 Å². The monoisotopic (exact) mass is 337 g/mol. The predicted octanol–water partition coefficient (Wildman–Crippen LogP) is 4.75. The largest absolute Gasteiger partial charge is 0.493 e. The summed E-state index contributed by atoms with van der Waals surface area (Å²) in [4.78, 5) is 11.5. The van der Waals surface area contributed by atoms with Gasteiger partial charge in [-0.3, -0.25) is 4.79 Å². The highest BCUT2D eigenvalue weighted by Crippen LogP contribution is 2.25. The lowest BCUT2D eigenvalue weighted by atomic mass is 9.89. The van der Waals surface area contributed by atoms with Crippen molar-refractivity contribution >= 4 is 21.7 Å². The summed E-state index contributed by atoms with van der Waals surface area (Å²) < 4.78 is 6.54. The topological polar surface area (TPSA) is 50.1 Å². The molecule has 0 fully saturated rings. The molecule has 0 saturated carbocycles. The average molecular weight is 338 g/mol. The van der Waals surface area contributed by atoms with Gasteiger partial charge in [0.15, 0.2) is 5.78 Å². The number of benzene rings is 1. The van der Waals surface area contributed by atoms with Gasteiger partial charge in [0, 0.05) is 4.47 Å². The van der Waals surface area contributed by atoms with E-state index in [9.17, 15) is 4.79 Å². The van der Waals surface area contributed by atoms with Gasteiger partial charge in [0.1, 0.15) is 5.75 Å². The smallest absolute Gasteiger partial charge is 0.163 e. The van der Waals surface area contributed by atoms with Crippen LogP contribution in [0.3, 0.4) is 0 Å². The van der Waals surface area contributed by atoms with Crippen LogP contribution in [0.4, 0.5) is 0 Å². The molecule has 0 aliphatic carbocycles. The van der Waals surface area contributed by atoms with Crippen LogP contribution in [0.25, 0.3) is 0 Å². The predicted molar refractivity (Wildman–Crippen MR) is 82.9 cm³/mol. The van der Waals surface area contributed by atoms with Gasteiger partial charge < -0.3 is 4.74 Å². The molecule has 0 heterocycles. The molecule has 0 aliphatic heterocycles. The molecule has 0 unspecified atom stereocenters. The van der Waals surface area contributed by atoms with Gasteiger partial charge in [-0.15, -0.1) is 0 Å². The number of ketones is 1. The summed E-state index contributed by atoms with van der Waals surface area (Å²) in [6.45, 7) is 5.97. The Labute approximate surface area is 129 Å². The van der Waals surface area contributed by atoms with Gasteiger partial charge in [0.25, 0.3) is 0 Å². The molecule has 20 heavy (non-hydrogen) atoms. The van der Waals surface area contributed by atoms with E-state index in [1.54, 1.807) is 12.1 Å². The van der Waals surface area contributed by atoms with Gasteiger partial charge in [-0.1, -0.05) is 15.9 Å². The van der Waals surface area contributed by atoms with Gasteiger partial charge in [0.05, 0.1) is 23.7 Å². The van der Waals surface area contributed by atoms with Crippen LogP contribution >= 0.6 is 15.9 Å². The fourth-order valence-electron chi connectivity index (χ4n) is 1.81. The Hall–Kier alpha value is -1.34. The molecule has 0 radical (unpaired) electrons. The molecule has 0 amide bonds. The zero-order valence-corrected chi connectivity index (χ0v) is 13.8. The Morgan fingerprint density at radius 1 is 1.40 bits per heavy atom. The average Bonchev–Trinajstić information content (AvgIpc) is 2.39. The van der Waals surface area contributed by atoms with Crippen LogP contribution in [0, 0.1) is 16.7 Å². The highest BCUT2D eigenvalue weighted by Gasteiger charge is 2.15. The van der Waals surface area contributed by atoms with Crippen LogP contribution in [-0.2, 0) is 0 Å². The molecular weight excluding hydrogens is 318 g/mol. The lowest BCUT2D eigenvalue weighted by Crippen LogP contribution is -2.09. The second-order valence-corrected chi connectivity index (χ2v) is 6.41. The van der Waals surface area contributed by atoms with E-state index in [0.717, 1.165) is 23.7 Å². The van der Waals surface area contributed by atoms with Gasteiger partial charge in [0.2, 0.25) is 0 Å². The van der Waals surface area contributed by atoms with Crippen LogP contribution in [0.15, 0.2) is 22.7 Å². The highest BCUT2D eigenvalue weighted by molar-refractivity contribution is 9.10. The van der Waals surface area contributed by atoms with E-state index in [4.69, 9.17) is 10.00 Å². The molecule has 0 aliphatic rings. The fraction of sp³-hybridized carbons (Fsp3) is 0.500. The fourth-order valence-corrected chi connectivity index (χ4v) is 2.17. The number of hydrogen-bond donors (Lipinski definition) is 0. The zero-order valence-electron chi connectivity index (χ0n) is 12.2. The second-order valence-electron chi connectivity index (χ2n) is 5.50. The molecule has 0 saturated heterocycles. The molecule has 108 valence electrons. The van der Waals surface area contributed by atoms with Gasteiger partial charge in [-0.25, -0.2) is 0 Å². The molecule has 1 aromatic carbocycles. The van der Waals surface area contributed by atoms with Crippen molar-refractivity contribution in [2.24, 2.45) is 5.41 Å². The third kappa shape index (κ3) is 5.34. The second kappa shape index (κ2) is 7.44. The van der Waals surface area contributed by atoms with Crippen LogP contribution in [0.5, 0.6) is 5.75 Å². The number of halogens is 1. The summed E-state index contributed by atoms with van der Waals surface area (Å²) in [5.41, 5.74) is 0.319. The standard InChI is InChI=1S/C16H20BrNO2/c1-12(19)14-10-13(17)6-7-15(14)20-9-5-4-8-16(2,3)11-18/h6-7,10H,4-5,8-9H2,1-3H3. The maximum atomic E-state index is 11.5. The van der Waals surface area contributed by atoms with Crippen molar-refractivity contribution in [3.8, 4) is 11.8 Å². The maximum Gasteiger partial charge on any atom is 0.163 e. The molecule has 0 spiro atoms. The zero-order chi connectivity index (χ0) is 15.2. The normalized spacial score (nSPS) is 10.9. The molecule has 0 N–H and O–H groups in total. The Morgan fingerprint density at radius 2 is 2.10 bits per heavy atom. The van der Waals surface area contributed by atoms with Gasteiger partial charge >= 0.3 is 0 Å². The third-order valence-corrected chi connectivity index (χ3v) is 3.57. The van der Waals surface area contributed by atoms with Gasteiger partial charge in [-0.05, 0) is 58.2 Å². The Bertz CT molecular complexity index is 518. The quantitative estimate of drug-likeness (QED) is 0.532. The van der Waals surface area contributed by atoms with Crippen LogP contribution < -0.4 is 4.74 Å². The summed E-state index contributed by atoms with van der Waals surface area (Å²) in [5.74, 6) is 0.618. The molecule has 1 rings (SSSR count). The minimum atomic E-state index is -0.276. The summed E-state index contributed by atoms with van der Waals surface area (Å²) in [7, 11) is 0. The molecule has 4 heteroatoms.